The van der Waals surface area contributed by atoms with Crippen molar-refractivity contribution in [3.05, 3.63) is 47.0 Å². The maximum Gasteiger partial charge on any atom is 0.406 e. The standard InChI is InChI=1S/C18H17F4N3O3/c1-10-7-11(2)25(23-10)14-4-3-12(8-13(14)19)15(26)24-6-5-17(9-24,16(27)28)18(20,21)22/h3-4,7-8H,5-6,9H2,1-2H3,(H,27,28). The molecule has 1 aromatic carbocycles. The van der Waals surface area contributed by atoms with Crippen molar-refractivity contribution < 1.29 is 32.3 Å². The van der Waals surface area contributed by atoms with Gasteiger partial charge in [0.25, 0.3) is 5.91 Å². The Labute approximate surface area is 157 Å². The first-order valence-corrected chi connectivity index (χ1v) is 8.39. The molecule has 28 heavy (non-hydrogen) atoms. The molecular formula is C18H17F4N3O3. The third-order valence-corrected chi connectivity index (χ3v) is 4.94. The van der Waals surface area contributed by atoms with E-state index >= 15 is 0 Å². The fourth-order valence-corrected chi connectivity index (χ4v) is 3.38. The zero-order chi connectivity index (χ0) is 20.9. The van der Waals surface area contributed by atoms with Crippen LogP contribution in [0.25, 0.3) is 5.69 Å². The number of halogens is 4. The molecule has 10 heteroatoms. The highest BCUT2D eigenvalue weighted by molar-refractivity contribution is 5.95. The van der Waals surface area contributed by atoms with E-state index in [0.717, 1.165) is 11.0 Å². The average molecular weight is 399 g/mol. The number of rotatable bonds is 3. The first-order chi connectivity index (χ1) is 13.0. The molecule has 1 aliphatic rings. The highest BCUT2D eigenvalue weighted by Gasteiger charge is 2.64. The zero-order valence-corrected chi connectivity index (χ0v) is 15.0. The third kappa shape index (κ3) is 3.12. The summed E-state index contributed by atoms with van der Waals surface area (Å²) in [6.45, 7) is 2.07. The van der Waals surface area contributed by atoms with E-state index in [-0.39, 0.29) is 17.8 Å². The Balaban J connectivity index is 1.87. The predicted molar refractivity (Wildman–Crippen MR) is 89.6 cm³/mol. The zero-order valence-electron chi connectivity index (χ0n) is 15.0. The van der Waals surface area contributed by atoms with Crippen molar-refractivity contribution in [3.63, 3.8) is 0 Å². The van der Waals surface area contributed by atoms with E-state index in [1.54, 1.807) is 19.9 Å². The van der Waals surface area contributed by atoms with Crippen molar-refractivity contribution in [2.45, 2.75) is 26.4 Å². The molecule has 1 atom stereocenters. The van der Waals surface area contributed by atoms with Crippen molar-refractivity contribution in [1.82, 2.24) is 14.7 Å². The van der Waals surface area contributed by atoms with Crippen LogP contribution in [0.15, 0.2) is 24.3 Å². The van der Waals surface area contributed by atoms with Crippen LogP contribution in [-0.2, 0) is 4.79 Å². The van der Waals surface area contributed by atoms with Crippen molar-refractivity contribution in [1.29, 1.82) is 0 Å². The van der Waals surface area contributed by atoms with Gasteiger partial charge in [0.2, 0.25) is 0 Å². The van der Waals surface area contributed by atoms with Gasteiger partial charge < -0.3 is 10.0 Å². The van der Waals surface area contributed by atoms with E-state index in [4.69, 9.17) is 5.11 Å². The Hall–Kier alpha value is -2.91. The van der Waals surface area contributed by atoms with Crippen molar-refractivity contribution >= 4 is 11.9 Å². The summed E-state index contributed by atoms with van der Waals surface area (Å²) in [6.07, 6.45) is -5.75. The van der Waals surface area contributed by atoms with Crippen LogP contribution in [0.2, 0.25) is 0 Å². The Morgan fingerprint density at radius 3 is 2.36 bits per heavy atom. The molecule has 150 valence electrons. The number of benzene rings is 1. The van der Waals surface area contributed by atoms with Gasteiger partial charge in [0, 0.05) is 24.3 Å². The molecule has 1 aromatic heterocycles. The van der Waals surface area contributed by atoms with Crippen molar-refractivity contribution in [2.24, 2.45) is 5.41 Å². The lowest BCUT2D eigenvalue weighted by atomic mass is 9.86. The Morgan fingerprint density at radius 2 is 1.89 bits per heavy atom. The largest absolute Gasteiger partial charge is 0.481 e. The van der Waals surface area contributed by atoms with Crippen LogP contribution in [0.5, 0.6) is 0 Å². The van der Waals surface area contributed by atoms with E-state index in [2.05, 4.69) is 5.10 Å². The molecule has 0 spiro atoms. The molecule has 2 aromatic rings. The number of nitrogens with zero attached hydrogens (tertiary/aromatic N) is 3. The van der Waals surface area contributed by atoms with Crippen LogP contribution < -0.4 is 0 Å². The van der Waals surface area contributed by atoms with E-state index in [9.17, 15) is 27.2 Å². The quantitative estimate of drug-likeness (QED) is 0.805. The van der Waals surface area contributed by atoms with Crippen molar-refractivity contribution in [3.8, 4) is 5.69 Å². The molecule has 2 heterocycles. The molecule has 1 N–H and O–H groups in total. The topological polar surface area (TPSA) is 75.4 Å². The SMILES string of the molecule is Cc1cc(C)n(-c2ccc(C(=O)N3CCC(C(=O)O)(C(F)(F)F)C3)cc2F)n1. The van der Waals surface area contributed by atoms with Gasteiger partial charge in [-0.05, 0) is 44.5 Å². The molecule has 1 aliphatic heterocycles. The Kier molecular flexibility index (Phi) is 4.68. The number of aliphatic carboxylic acids is 1. The van der Waals surface area contributed by atoms with Gasteiger partial charge in [-0.25, -0.2) is 9.07 Å². The minimum Gasteiger partial charge on any atom is -0.481 e. The molecular weight excluding hydrogens is 382 g/mol. The van der Waals surface area contributed by atoms with Crippen LogP contribution in [0.1, 0.15) is 28.2 Å². The lowest BCUT2D eigenvalue weighted by Crippen LogP contribution is -2.47. The summed E-state index contributed by atoms with van der Waals surface area (Å²) in [7, 11) is 0. The van der Waals surface area contributed by atoms with E-state index in [1.807, 2.05) is 0 Å². The molecule has 1 amide bonds. The van der Waals surface area contributed by atoms with Crippen LogP contribution in [0.4, 0.5) is 17.6 Å². The summed E-state index contributed by atoms with van der Waals surface area (Å²) in [5.74, 6) is -3.65. The number of aromatic nitrogens is 2. The number of carbonyl (C=O) groups excluding carboxylic acids is 1. The molecule has 3 rings (SSSR count). The summed E-state index contributed by atoms with van der Waals surface area (Å²) in [5.41, 5.74) is -1.73. The molecule has 1 unspecified atom stereocenters. The summed E-state index contributed by atoms with van der Waals surface area (Å²) in [6, 6.07) is 5.26. The fourth-order valence-electron chi connectivity index (χ4n) is 3.38. The minimum absolute atomic E-state index is 0.0961. The van der Waals surface area contributed by atoms with Gasteiger partial charge in [-0.3, -0.25) is 9.59 Å². The van der Waals surface area contributed by atoms with Gasteiger partial charge in [0.15, 0.2) is 5.41 Å². The molecule has 1 saturated heterocycles. The minimum atomic E-state index is -5.00. The maximum absolute atomic E-state index is 14.5. The number of likely N-dealkylation sites (tertiary alicyclic amines) is 1. The molecule has 0 aliphatic carbocycles. The second-order valence-corrected chi connectivity index (χ2v) is 6.87. The Bertz CT molecular complexity index is 954. The number of amides is 1. The lowest BCUT2D eigenvalue weighted by Gasteiger charge is -2.27. The smallest absolute Gasteiger partial charge is 0.406 e. The normalized spacial score (nSPS) is 19.9. The molecule has 1 fully saturated rings. The summed E-state index contributed by atoms with van der Waals surface area (Å²) in [5, 5.41) is 13.2. The number of carbonyl (C=O) groups is 2. The highest BCUT2D eigenvalue weighted by Crippen LogP contribution is 2.46. The first-order valence-electron chi connectivity index (χ1n) is 8.39. The molecule has 6 nitrogen and oxygen atoms in total. The Morgan fingerprint density at radius 1 is 1.21 bits per heavy atom. The average Bonchev–Trinajstić information content (AvgIpc) is 3.18. The van der Waals surface area contributed by atoms with Crippen LogP contribution in [0, 0.1) is 25.1 Å². The summed E-state index contributed by atoms with van der Waals surface area (Å²) < 4.78 is 55.7. The molecule has 0 saturated carbocycles. The predicted octanol–water partition coefficient (Wildman–Crippen LogP) is 3.11. The van der Waals surface area contributed by atoms with E-state index in [1.165, 1.54) is 16.8 Å². The second-order valence-electron chi connectivity index (χ2n) is 6.87. The second kappa shape index (κ2) is 6.61. The van der Waals surface area contributed by atoms with E-state index < -0.39 is 42.3 Å². The van der Waals surface area contributed by atoms with Gasteiger partial charge in [0.1, 0.15) is 11.5 Å². The van der Waals surface area contributed by atoms with Crippen molar-refractivity contribution in [2.75, 3.05) is 13.1 Å². The van der Waals surface area contributed by atoms with Crippen LogP contribution in [0.3, 0.4) is 0 Å². The lowest BCUT2D eigenvalue weighted by molar-refractivity contribution is -0.227. The molecule has 0 bridgehead atoms. The van der Waals surface area contributed by atoms with Gasteiger partial charge in [0.05, 0.1) is 5.69 Å². The number of alkyl halides is 3. The number of aryl methyl sites for hydroxylation is 2. The summed E-state index contributed by atoms with van der Waals surface area (Å²) >= 11 is 0. The van der Waals surface area contributed by atoms with Crippen LogP contribution in [-0.4, -0.2) is 50.9 Å². The highest BCUT2D eigenvalue weighted by atomic mass is 19.4. The van der Waals surface area contributed by atoms with Crippen LogP contribution >= 0.6 is 0 Å². The van der Waals surface area contributed by atoms with E-state index in [0.29, 0.717) is 11.4 Å². The number of carboxylic acid groups (broad SMARTS) is 1. The van der Waals surface area contributed by atoms with Gasteiger partial charge in [-0.1, -0.05) is 0 Å². The van der Waals surface area contributed by atoms with Gasteiger partial charge >= 0.3 is 12.1 Å². The number of hydrogen-bond donors (Lipinski definition) is 1. The first kappa shape index (κ1) is 19.8. The summed E-state index contributed by atoms with van der Waals surface area (Å²) in [4.78, 5) is 24.6. The van der Waals surface area contributed by atoms with Gasteiger partial charge in [-0.2, -0.15) is 18.3 Å². The number of carboxylic acids is 1. The number of hydrogen-bond acceptors (Lipinski definition) is 3. The fraction of sp³-hybridized carbons (Fsp3) is 0.389. The van der Waals surface area contributed by atoms with Gasteiger partial charge in [-0.15, -0.1) is 0 Å². The third-order valence-electron chi connectivity index (χ3n) is 4.94. The molecule has 0 radical (unpaired) electrons. The maximum atomic E-state index is 14.5. The monoisotopic (exact) mass is 399 g/mol.